The number of esters is 1. The number of benzene rings is 1. The normalized spacial score (nSPS) is 10.3. The third kappa shape index (κ3) is 3.13. The largest absolute Gasteiger partial charge is 0.466 e. The van der Waals surface area contributed by atoms with E-state index in [1.165, 1.54) is 12.7 Å². The number of methoxy groups -OCH3 is 1. The highest BCUT2D eigenvalue weighted by atomic mass is 16.6. The summed E-state index contributed by atoms with van der Waals surface area (Å²) in [7, 11) is 3.16. The molecule has 0 aliphatic rings. The topological polar surface area (TPSA) is 53.4 Å². The second-order valence-corrected chi connectivity index (χ2v) is 4.23. The maximum atomic E-state index is 11.0. The molecule has 5 nitrogen and oxygen atoms in total. The highest BCUT2D eigenvalue weighted by Crippen LogP contribution is 2.23. The highest BCUT2D eigenvalue weighted by molar-refractivity contribution is 5.71. The second kappa shape index (κ2) is 5.56. The van der Waals surface area contributed by atoms with E-state index in [9.17, 15) is 4.79 Å². The Hall–Kier alpha value is -2.30. The van der Waals surface area contributed by atoms with E-state index in [4.69, 9.17) is 4.74 Å². The Bertz CT molecular complexity index is 590. The molecule has 100 valence electrons. The monoisotopic (exact) mass is 260 g/mol. The van der Waals surface area contributed by atoms with Crippen molar-refractivity contribution in [2.75, 3.05) is 13.7 Å². The van der Waals surface area contributed by atoms with Gasteiger partial charge in [0.25, 0.3) is 0 Å². The van der Waals surface area contributed by atoms with Crippen LogP contribution >= 0.6 is 0 Å². The summed E-state index contributed by atoms with van der Waals surface area (Å²) in [6.07, 6.45) is 0. The minimum absolute atomic E-state index is 0.138. The number of rotatable bonds is 4. The van der Waals surface area contributed by atoms with Gasteiger partial charge >= 0.3 is 5.97 Å². The molecule has 0 radical (unpaired) electrons. The van der Waals surface area contributed by atoms with E-state index in [0.29, 0.717) is 5.88 Å². The summed E-state index contributed by atoms with van der Waals surface area (Å²) in [5, 5.41) is 4.21. The Morgan fingerprint density at radius 2 is 2.16 bits per heavy atom. The first-order valence-electron chi connectivity index (χ1n) is 5.91. The Balaban J connectivity index is 2.19. The van der Waals surface area contributed by atoms with Crippen LogP contribution in [0.2, 0.25) is 0 Å². The van der Waals surface area contributed by atoms with Crippen molar-refractivity contribution in [1.82, 2.24) is 9.78 Å². The van der Waals surface area contributed by atoms with Gasteiger partial charge in [0.1, 0.15) is 0 Å². The van der Waals surface area contributed by atoms with E-state index in [0.717, 1.165) is 11.3 Å². The molecule has 0 N–H and O–H groups in total. The molecule has 1 heterocycles. The fourth-order valence-corrected chi connectivity index (χ4v) is 1.78. The standard InChI is InChI=1S/C14H16N2O3/c1-10-5-4-6-11(7-10)12-8-13(15-16(12)2)19-9-14(17)18-3/h4-8H,9H2,1-3H3. The summed E-state index contributed by atoms with van der Waals surface area (Å²) < 4.78 is 11.5. The lowest BCUT2D eigenvalue weighted by atomic mass is 10.1. The summed E-state index contributed by atoms with van der Waals surface area (Å²) in [6, 6.07) is 9.91. The predicted octanol–water partition coefficient (Wildman–Crippen LogP) is 1.95. The fourth-order valence-electron chi connectivity index (χ4n) is 1.78. The highest BCUT2D eigenvalue weighted by Gasteiger charge is 2.10. The molecular formula is C14H16N2O3. The van der Waals surface area contributed by atoms with Crippen molar-refractivity contribution < 1.29 is 14.3 Å². The molecular weight excluding hydrogens is 244 g/mol. The maximum Gasteiger partial charge on any atom is 0.343 e. The van der Waals surface area contributed by atoms with Gasteiger partial charge in [-0.25, -0.2) is 4.79 Å². The molecule has 2 rings (SSSR count). The number of hydrogen-bond donors (Lipinski definition) is 0. The van der Waals surface area contributed by atoms with Crippen LogP contribution < -0.4 is 4.74 Å². The van der Waals surface area contributed by atoms with Crippen LogP contribution in [0, 0.1) is 6.92 Å². The van der Waals surface area contributed by atoms with Gasteiger partial charge in [-0.15, -0.1) is 5.10 Å². The minimum Gasteiger partial charge on any atom is -0.466 e. The maximum absolute atomic E-state index is 11.0. The molecule has 0 saturated carbocycles. The number of ether oxygens (including phenoxy) is 2. The zero-order valence-corrected chi connectivity index (χ0v) is 11.2. The van der Waals surface area contributed by atoms with E-state index >= 15 is 0 Å². The molecule has 19 heavy (non-hydrogen) atoms. The number of aromatic nitrogens is 2. The second-order valence-electron chi connectivity index (χ2n) is 4.23. The fraction of sp³-hybridized carbons (Fsp3) is 0.286. The van der Waals surface area contributed by atoms with Gasteiger partial charge in [-0.3, -0.25) is 4.68 Å². The molecule has 0 bridgehead atoms. The molecule has 0 amide bonds. The van der Waals surface area contributed by atoms with Gasteiger partial charge in [-0.05, 0) is 13.0 Å². The van der Waals surface area contributed by atoms with Crippen molar-refractivity contribution in [3.05, 3.63) is 35.9 Å². The third-order valence-corrected chi connectivity index (χ3v) is 2.74. The van der Waals surface area contributed by atoms with E-state index in [1.54, 1.807) is 10.7 Å². The lowest BCUT2D eigenvalue weighted by Crippen LogP contribution is -2.12. The van der Waals surface area contributed by atoms with Crippen molar-refractivity contribution in [1.29, 1.82) is 0 Å². The van der Waals surface area contributed by atoms with Crippen LogP contribution in [0.3, 0.4) is 0 Å². The molecule has 5 heteroatoms. The van der Waals surface area contributed by atoms with Crippen LogP contribution in [0.5, 0.6) is 5.88 Å². The number of carbonyl (C=O) groups is 1. The Morgan fingerprint density at radius 3 is 2.84 bits per heavy atom. The van der Waals surface area contributed by atoms with Gasteiger partial charge < -0.3 is 9.47 Å². The summed E-state index contributed by atoms with van der Waals surface area (Å²) in [6.45, 7) is 1.90. The van der Waals surface area contributed by atoms with Crippen LogP contribution in [0.4, 0.5) is 0 Å². The van der Waals surface area contributed by atoms with Crippen LogP contribution in [0.1, 0.15) is 5.56 Å². The number of carbonyl (C=O) groups excluding carboxylic acids is 1. The average molecular weight is 260 g/mol. The Labute approximate surface area is 111 Å². The minimum atomic E-state index is -0.428. The van der Waals surface area contributed by atoms with Crippen LogP contribution in [-0.4, -0.2) is 29.5 Å². The van der Waals surface area contributed by atoms with E-state index in [-0.39, 0.29) is 6.61 Å². The first-order valence-corrected chi connectivity index (χ1v) is 5.91. The van der Waals surface area contributed by atoms with Crippen molar-refractivity contribution >= 4 is 5.97 Å². The van der Waals surface area contributed by atoms with Gasteiger partial charge in [0.15, 0.2) is 6.61 Å². The van der Waals surface area contributed by atoms with Gasteiger partial charge in [0.2, 0.25) is 5.88 Å². The van der Waals surface area contributed by atoms with Gasteiger partial charge in [0, 0.05) is 18.7 Å². The molecule has 1 aromatic heterocycles. The molecule has 0 saturated heterocycles. The Morgan fingerprint density at radius 1 is 1.37 bits per heavy atom. The molecule has 2 aromatic rings. The SMILES string of the molecule is COC(=O)COc1cc(-c2cccc(C)c2)n(C)n1. The average Bonchev–Trinajstić information content (AvgIpc) is 2.77. The van der Waals surface area contributed by atoms with E-state index in [2.05, 4.69) is 15.9 Å². The number of aryl methyl sites for hydroxylation is 2. The van der Waals surface area contributed by atoms with Crippen molar-refractivity contribution in [2.45, 2.75) is 6.92 Å². The van der Waals surface area contributed by atoms with Crippen molar-refractivity contribution in [2.24, 2.45) is 7.05 Å². The molecule has 0 aliphatic carbocycles. The van der Waals surface area contributed by atoms with Gasteiger partial charge in [-0.1, -0.05) is 23.8 Å². The molecule has 0 fully saturated rings. The van der Waals surface area contributed by atoms with E-state index < -0.39 is 5.97 Å². The zero-order chi connectivity index (χ0) is 13.8. The summed E-state index contributed by atoms with van der Waals surface area (Å²) in [5.74, 6) is -0.0211. The Kier molecular flexibility index (Phi) is 3.85. The van der Waals surface area contributed by atoms with Gasteiger partial charge in [-0.2, -0.15) is 0 Å². The zero-order valence-electron chi connectivity index (χ0n) is 11.2. The predicted molar refractivity (Wildman–Crippen MR) is 70.9 cm³/mol. The van der Waals surface area contributed by atoms with Crippen molar-refractivity contribution in [3.8, 4) is 17.1 Å². The van der Waals surface area contributed by atoms with Crippen LogP contribution in [-0.2, 0) is 16.6 Å². The number of nitrogens with zero attached hydrogens (tertiary/aromatic N) is 2. The number of hydrogen-bond acceptors (Lipinski definition) is 4. The summed E-state index contributed by atoms with van der Waals surface area (Å²) in [5.41, 5.74) is 3.17. The quantitative estimate of drug-likeness (QED) is 0.788. The molecule has 0 spiro atoms. The smallest absolute Gasteiger partial charge is 0.343 e. The molecule has 1 aromatic carbocycles. The molecule has 0 unspecified atom stereocenters. The summed E-state index contributed by atoms with van der Waals surface area (Å²) in [4.78, 5) is 11.0. The van der Waals surface area contributed by atoms with E-state index in [1.807, 2.05) is 32.2 Å². The van der Waals surface area contributed by atoms with Crippen molar-refractivity contribution in [3.63, 3.8) is 0 Å². The first-order chi connectivity index (χ1) is 9.10. The summed E-state index contributed by atoms with van der Waals surface area (Å²) >= 11 is 0. The molecule has 0 atom stereocenters. The third-order valence-electron chi connectivity index (χ3n) is 2.74. The van der Waals surface area contributed by atoms with Gasteiger partial charge in [0.05, 0.1) is 12.8 Å². The lowest BCUT2D eigenvalue weighted by molar-refractivity contribution is -0.143. The van der Waals surface area contributed by atoms with Crippen LogP contribution in [0.15, 0.2) is 30.3 Å². The van der Waals surface area contributed by atoms with Crippen LogP contribution in [0.25, 0.3) is 11.3 Å². The first kappa shape index (κ1) is 13.1. The lowest BCUT2D eigenvalue weighted by Gasteiger charge is -2.01. The molecule has 0 aliphatic heterocycles.